The van der Waals surface area contributed by atoms with Gasteiger partial charge in [0.1, 0.15) is 11.6 Å². The highest BCUT2D eigenvalue weighted by Gasteiger charge is 2.21. The molecule has 3 rings (SSSR count). The van der Waals surface area contributed by atoms with Crippen molar-refractivity contribution in [2.24, 2.45) is 0 Å². The van der Waals surface area contributed by atoms with Crippen molar-refractivity contribution in [1.82, 2.24) is 9.88 Å². The molecule has 0 atom stereocenters. The number of aromatic nitrogens is 1. The number of carbonyl (C=O) groups is 1. The van der Waals surface area contributed by atoms with Crippen LogP contribution in [-0.2, 0) is 4.79 Å². The predicted molar refractivity (Wildman–Crippen MR) is 90.2 cm³/mol. The molecule has 0 radical (unpaired) electrons. The average molecular weight is 331 g/mol. The Morgan fingerprint density at radius 1 is 1.09 bits per heavy atom. The number of pyridine rings is 1. The first-order chi connectivity index (χ1) is 11.2. The Morgan fingerprint density at radius 3 is 2.48 bits per heavy atom. The lowest BCUT2D eigenvalue weighted by molar-refractivity contribution is -0.128. The maximum atomic E-state index is 12.9. The minimum atomic E-state index is -0.258. The summed E-state index contributed by atoms with van der Waals surface area (Å²) in [5, 5.41) is 0. The van der Waals surface area contributed by atoms with Gasteiger partial charge in [0.05, 0.1) is 5.75 Å². The molecule has 0 spiro atoms. The fraction of sp³-hybridized carbons (Fsp3) is 0.294. The Hall–Kier alpha value is -2.08. The first kappa shape index (κ1) is 15.8. The summed E-state index contributed by atoms with van der Waals surface area (Å²) >= 11 is 1.44. The van der Waals surface area contributed by atoms with Gasteiger partial charge < -0.3 is 9.80 Å². The van der Waals surface area contributed by atoms with E-state index in [1.165, 1.54) is 23.9 Å². The van der Waals surface area contributed by atoms with Gasteiger partial charge in [-0.15, -0.1) is 11.8 Å². The summed E-state index contributed by atoms with van der Waals surface area (Å²) in [6.45, 7) is 3.01. The van der Waals surface area contributed by atoms with Crippen molar-refractivity contribution < 1.29 is 9.18 Å². The molecule has 1 amide bonds. The molecule has 4 nitrogen and oxygen atoms in total. The van der Waals surface area contributed by atoms with Gasteiger partial charge in [-0.3, -0.25) is 4.79 Å². The number of amides is 1. The Kier molecular flexibility index (Phi) is 5.12. The van der Waals surface area contributed by atoms with Crippen molar-refractivity contribution >= 4 is 23.5 Å². The fourth-order valence-electron chi connectivity index (χ4n) is 2.49. The number of halogens is 1. The Bertz CT molecular complexity index is 643. The average Bonchev–Trinajstić information content (AvgIpc) is 2.62. The molecule has 1 aliphatic rings. The monoisotopic (exact) mass is 331 g/mol. The summed E-state index contributed by atoms with van der Waals surface area (Å²) in [7, 11) is 0. The predicted octanol–water partition coefficient (Wildman–Crippen LogP) is 2.66. The van der Waals surface area contributed by atoms with Crippen LogP contribution in [0.2, 0.25) is 0 Å². The van der Waals surface area contributed by atoms with Gasteiger partial charge in [-0.2, -0.15) is 0 Å². The van der Waals surface area contributed by atoms with Crippen molar-refractivity contribution in [3.05, 3.63) is 54.5 Å². The van der Waals surface area contributed by atoms with Crippen LogP contribution in [0.25, 0.3) is 0 Å². The van der Waals surface area contributed by atoms with Crippen molar-refractivity contribution in [2.45, 2.75) is 4.90 Å². The van der Waals surface area contributed by atoms with Gasteiger partial charge in [0.15, 0.2) is 0 Å². The molecule has 0 aliphatic carbocycles. The zero-order chi connectivity index (χ0) is 16.1. The van der Waals surface area contributed by atoms with Crippen molar-refractivity contribution in [2.75, 3.05) is 36.8 Å². The van der Waals surface area contributed by atoms with E-state index in [1.54, 1.807) is 18.3 Å². The number of hydrogen-bond acceptors (Lipinski definition) is 4. The maximum Gasteiger partial charge on any atom is 0.233 e. The number of piperazine rings is 1. The van der Waals surface area contributed by atoms with E-state index >= 15 is 0 Å². The molecule has 1 aromatic carbocycles. The number of hydrogen-bond donors (Lipinski definition) is 0. The molecule has 0 saturated carbocycles. The SMILES string of the molecule is O=C(CSc1ccc(F)cc1)N1CCN(c2ccccn2)CC1. The third-order valence-corrected chi connectivity index (χ3v) is 4.78. The van der Waals surface area contributed by atoms with Crippen LogP contribution in [-0.4, -0.2) is 47.7 Å². The molecule has 1 fully saturated rings. The van der Waals surface area contributed by atoms with Gasteiger partial charge >= 0.3 is 0 Å². The molecule has 0 bridgehead atoms. The van der Waals surface area contributed by atoms with E-state index in [4.69, 9.17) is 0 Å². The van der Waals surface area contributed by atoms with E-state index in [2.05, 4.69) is 9.88 Å². The molecule has 6 heteroatoms. The molecule has 120 valence electrons. The summed E-state index contributed by atoms with van der Waals surface area (Å²) in [5.74, 6) is 1.21. The Balaban J connectivity index is 1.47. The molecule has 1 aliphatic heterocycles. The zero-order valence-corrected chi connectivity index (χ0v) is 13.5. The van der Waals surface area contributed by atoms with E-state index in [0.717, 1.165) is 23.8 Å². The topological polar surface area (TPSA) is 36.4 Å². The number of nitrogens with zero attached hydrogens (tertiary/aromatic N) is 3. The van der Waals surface area contributed by atoms with E-state index in [0.29, 0.717) is 18.8 Å². The Labute approximate surface area is 139 Å². The molecule has 0 unspecified atom stereocenters. The summed E-state index contributed by atoms with van der Waals surface area (Å²) in [4.78, 5) is 21.6. The van der Waals surface area contributed by atoms with Gasteiger partial charge in [0.2, 0.25) is 5.91 Å². The standard InChI is InChI=1S/C17H18FN3OS/c18-14-4-6-15(7-5-14)23-13-17(22)21-11-9-20(10-12-21)16-3-1-2-8-19-16/h1-8H,9-13H2. The lowest BCUT2D eigenvalue weighted by atomic mass is 10.3. The molecular formula is C17H18FN3OS. The van der Waals surface area contributed by atoms with Gasteiger partial charge in [0, 0.05) is 37.3 Å². The quantitative estimate of drug-likeness (QED) is 0.807. The normalized spacial score (nSPS) is 14.8. The molecule has 1 saturated heterocycles. The van der Waals surface area contributed by atoms with Crippen LogP contribution in [0.15, 0.2) is 53.6 Å². The second-order valence-electron chi connectivity index (χ2n) is 5.30. The minimum Gasteiger partial charge on any atom is -0.353 e. The number of carbonyl (C=O) groups excluding carboxylic acids is 1. The van der Waals surface area contributed by atoms with E-state index in [1.807, 2.05) is 23.1 Å². The van der Waals surface area contributed by atoms with Crippen molar-refractivity contribution in [1.29, 1.82) is 0 Å². The first-order valence-electron chi connectivity index (χ1n) is 7.54. The van der Waals surface area contributed by atoms with Crippen molar-refractivity contribution in [3.8, 4) is 0 Å². The molecule has 2 aromatic rings. The number of anilines is 1. The zero-order valence-electron chi connectivity index (χ0n) is 12.7. The molecule has 1 aromatic heterocycles. The Morgan fingerprint density at radius 2 is 1.83 bits per heavy atom. The van der Waals surface area contributed by atoms with Gasteiger partial charge in [0.25, 0.3) is 0 Å². The smallest absolute Gasteiger partial charge is 0.233 e. The summed E-state index contributed by atoms with van der Waals surface area (Å²) < 4.78 is 12.9. The van der Waals surface area contributed by atoms with Gasteiger partial charge in [-0.05, 0) is 36.4 Å². The fourth-order valence-corrected chi connectivity index (χ4v) is 3.29. The maximum absolute atomic E-state index is 12.9. The summed E-state index contributed by atoms with van der Waals surface area (Å²) in [5.41, 5.74) is 0. The summed E-state index contributed by atoms with van der Waals surface area (Å²) in [6, 6.07) is 12.1. The highest BCUT2D eigenvalue weighted by atomic mass is 32.2. The van der Waals surface area contributed by atoms with Gasteiger partial charge in [-0.25, -0.2) is 9.37 Å². The third kappa shape index (κ3) is 4.22. The van der Waals surface area contributed by atoms with Crippen LogP contribution in [0, 0.1) is 5.82 Å². The summed E-state index contributed by atoms with van der Waals surface area (Å²) in [6.07, 6.45) is 1.78. The first-order valence-corrected chi connectivity index (χ1v) is 8.53. The van der Waals surface area contributed by atoms with E-state index in [-0.39, 0.29) is 11.7 Å². The van der Waals surface area contributed by atoms with E-state index < -0.39 is 0 Å². The number of rotatable bonds is 4. The molecule has 23 heavy (non-hydrogen) atoms. The van der Waals surface area contributed by atoms with Crippen LogP contribution in [0.1, 0.15) is 0 Å². The molecule has 2 heterocycles. The lowest BCUT2D eigenvalue weighted by Crippen LogP contribution is -2.49. The van der Waals surface area contributed by atoms with Gasteiger partial charge in [-0.1, -0.05) is 6.07 Å². The number of thioether (sulfide) groups is 1. The second kappa shape index (κ2) is 7.46. The van der Waals surface area contributed by atoms with Crippen LogP contribution in [0.3, 0.4) is 0 Å². The largest absolute Gasteiger partial charge is 0.353 e. The highest BCUT2D eigenvalue weighted by Crippen LogP contribution is 2.19. The third-order valence-electron chi connectivity index (χ3n) is 3.78. The van der Waals surface area contributed by atoms with Crippen LogP contribution in [0.4, 0.5) is 10.2 Å². The number of benzene rings is 1. The van der Waals surface area contributed by atoms with Crippen LogP contribution < -0.4 is 4.90 Å². The minimum absolute atomic E-state index is 0.125. The van der Waals surface area contributed by atoms with Crippen molar-refractivity contribution in [3.63, 3.8) is 0 Å². The second-order valence-corrected chi connectivity index (χ2v) is 6.35. The highest BCUT2D eigenvalue weighted by molar-refractivity contribution is 8.00. The molecule has 0 N–H and O–H groups in total. The van der Waals surface area contributed by atoms with Crippen LogP contribution >= 0.6 is 11.8 Å². The lowest BCUT2D eigenvalue weighted by Gasteiger charge is -2.35. The van der Waals surface area contributed by atoms with Crippen LogP contribution in [0.5, 0.6) is 0 Å². The van der Waals surface area contributed by atoms with E-state index in [9.17, 15) is 9.18 Å². The molecular weight excluding hydrogens is 313 g/mol.